The Hall–Kier alpha value is -0.540. The summed E-state index contributed by atoms with van der Waals surface area (Å²) in [4.78, 5) is 11.9. The van der Waals surface area contributed by atoms with Crippen molar-refractivity contribution in [1.29, 1.82) is 0 Å². The van der Waals surface area contributed by atoms with E-state index in [0.29, 0.717) is 11.4 Å². The number of hydrogen-bond donors (Lipinski definition) is 1. The quantitative estimate of drug-likeness (QED) is 0.848. The summed E-state index contributed by atoms with van der Waals surface area (Å²) in [5.74, 6) is 0.356. The second-order valence-corrected chi connectivity index (χ2v) is 4.88. The zero-order chi connectivity index (χ0) is 12.1. The van der Waals surface area contributed by atoms with Crippen LogP contribution in [0.15, 0.2) is 22.7 Å². The molecule has 4 heteroatoms. The van der Waals surface area contributed by atoms with Crippen LogP contribution >= 0.6 is 27.5 Å². The summed E-state index contributed by atoms with van der Waals surface area (Å²) in [5.41, 5.74) is 1.72. The molecule has 0 bridgehead atoms. The molecular weight excluding hydrogens is 289 g/mol. The lowest BCUT2D eigenvalue weighted by Crippen LogP contribution is -2.35. The van der Waals surface area contributed by atoms with Crippen molar-refractivity contribution in [3.8, 4) is 0 Å². The van der Waals surface area contributed by atoms with Gasteiger partial charge in [-0.05, 0) is 41.4 Å². The highest BCUT2D eigenvalue weighted by Crippen LogP contribution is 2.18. The third-order valence-electron chi connectivity index (χ3n) is 2.38. The molecule has 0 aliphatic rings. The number of halogens is 2. The van der Waals surface area contributed by atoms with Gasteiger partial charge in [-0.3, -0.25) is 4.79 Å². The van der Waals surface area contributed by atoms with E-state index < -0.39 is 0 Å². The third kappa shape index (κ3) is 3.49. The summed E-state index contributed by atoms with van der Waals surface area (Å²) in [6.45, 7) is 3.96. The van der Waals surface area contributed by atoms with Crippen LogP contribution < -0.4 is 5.32 Å². The fraction of sp³-hybridized carbons (Fsp3) is 0.417. The Balaban J connectivity index is 2.83. The van der Waals surface area contributed by atoms with E-state index in [1.807, 2.05) is 32.0 Å². The normalized spacial score (nSPS) is 12.2. The molecule has 1 amide bonds. The maximum atomic E-state index is 11.9. The van der Waals surface area contributed by atoms with E-state index >= 15 is 0 Å². The van der Waals surface area contributed by atoms with Gasteiger partial charge in [-0.2, -0.15) is 0 Å². The Kier molecular flexibility index (Phi) is 5.29. The Morgan fingerprint density at radius 3 is 2.81 bits per heavy atom. The first-order valence-electron chi connectivity index (χ1n) is 5.21. The number of amides is 1. The summed E-state index contributed by atoms with van der Waals surface area (Å²) < 4.78 is 0.806. The van der Waals surface area contributed by atoms with E-state index in [9.17, 15) is 4.79 Å². The van der Waals surface area contributed by atoms with E-state index in [-0.39, 0.29) is 11.9 Å². The molecule has 1 N–H and O–H groups in total. The first kappa shape index (κ1) is 13.5. The molecule has 16 heavy (non-hydrogen) atoms. The average molecular weight is 305 g/mol. The summed E-state index contributed by atoms with van der Waals surface area (Å²) in [6, 6.07) is 5.73. The molecule has 88 valence electrons. The molecule has 0 heterocycles. The van der Waals surface area contributed by atoms with Crippen LogP contribution in [0.2, 0.25) is 0 Å². The second kappa shape index (κ2) is 6.26. The fourth-order valence-electron chi connectivity index (χ4n) is 1.33. The van der Waals surface area contributed by atoms with Gasteiger partial charge in [0.2, 0.25) is 0 Å². The molecule has 1 atom stereocenters. The minimum absolute atomic E-state index is 0.0292. The lowest BCUT2D eigenvalue weighted by Gasteiger charge is -2.14. The fourth-order valence-corrected chi connectivity index (χ4v) is 2.05. The second-order valence-electron chi connectivity index (χ2n) is 3.72. The topological polar surface area (TPSA) is 29.1 Å². The molecule has 0 aliphatic carbocycles. The van der Waals surface area contributed by atoms with Crippen molar-refractivity contribution in [2.24, 2.45) is 0 Å². The molecule has 0 aliphatic heterocycles. The van der Waals surface area contributed by atoms with Crippen molar-refractivity contribution in [2.75, 3.05) is 5.88 Å². The molecule has 2 nitrogen and oxygen atoms in total. The van der Waals surface area contributed by atoms with Gasteiger partial charge in [0.05, 0.1) is 5.56 Å². The highest BCUT2D eigenvalue weighted by Gasteiger charge is 2.13. The van der Waals surface area contributed by atoms with Gasteiger partial charge in [0.15, 0.2) is 0 Å². The number of aryl methyl sites for hydroxylation is 1. The summed E-state index contributed by atoms with van der Waals surface area (Å²) in [5, 5.41) is 2.90. The van der Waals surface area contributed by atoms with Gasteiger partial charge in [0.1, 0.15) is 0 Å². The van der Waals surface area contributed by atoms with Gasteiger partial charge in [0.25, 0.3) is 5.91 Å². The maximum Gasteiger partial charge on any atom is 0.252 e. The van der Waals surface area contributed by atoms with Crippen molar-refractivity contribution >= 4 is 33.4 Å². The molecule has 0 spiro atoms. The molecule has 0 radical (unpaired) electrons. The highest BCUT2D eigenvalue weighted by atomic mass is 79.9. The third-order valence-corrected chi connectivity index (χ3v) is 3.44. The molecule has 1 rings (SSSR count). The maximum absolute atomic E-state index is 11.9. The number of benzene rings is 1. The van der Waals surface area contributed by atoms with Crippen LogP contribution in [-0.2, 0) is 0 Å². The van der Waals surface area contributed by atoms with Gasteiger partial charge in [-0.1, -0.05) is 18.6 Å². The first-order valence-corrected chi connectivity index (χ1v) is 6.54. The molecule has 1 aromatic carbocycles. The summed E-state index contributed by atoms with van der Waals surface area (Å²) in [7, 11) is 0. The predicted octanol–water partition coefficient (Wildman–Crippen LogP) is 3.50. The van der Waals surface area contributed by atoms with Gasteiger partial charge < -0.3 is 5.32 Å². The van der Waals surface area contributed by atoms with Crippen molar-refractivity contribution in [3.05, 3.63) is 33.8 Å². The highest BCUT2D eigenvalue weighted by molar-refractivity contribution is 9.10. The Morgan fingerprint density at radius 1 is 1.56 bits per heavy atom. The minimum Gasteiger partial charge on any atom is -0.348 e. The number of rotatable bonds is 4. The van der Waals surface area contributed by atoms with Crippen molar-refractivity contribution < 1.29 is 4.79 Å². The number of alkyl halides is 1. The average Bonchev–Trinajstić information content (AvgIpc) is 2.28. The van der Waals surface area contributed by atoms with Crippen LogP contribution in [0.1, 0.15) is 29.3 Å². The minimum atomic E-state index is -0.0805. The van der Waals surface area contributed by atoms with Crippen LogP contribution in [0.4, 0.5) is 0 Å². The van der Waals surface area contributed by atoms with Crippen LogP contribution in [0, 0.1) is 6.92 Å². The summed E-state index contributed by atoms with van der Waals surface area (Å²) in [6.07, 6.45) is 0.832. The molecule has 1 unspecified atom stereocenters. The standard InChI is InChI=1S/C12H15BrClNO/c1-3-9(7-14)15-12(16)10-6-8(2)4-5-11(10)13/h4-6,9H,3,7H2,1-2H3,(H,15,16). The van der Waals surface area contributed by atoms with Crippen molar-refractivity contribution in [3.63, 3.8) is 0 Å². The van der Waals surface area contributed by atoms with E-state index in [4.69, 9.17) is 11.6 Å². The van der Waals surface area contributed by atoms with E-state index in [0.717, 1.165) is 16.5 Å². The van der Waals surface area contributed by atoms with Crippen LogP contribution in [0.25, 0.3) is 0 Å². The van der Waals surface area contributed by atoms with Crippen LogP contribution in [0.3, 0.4) is 0 Å². The van der Waals surface area contributed by atoms with Gasteiger partial charge in [-0.25, -0.2) is 0 Å². The molecular formula is C12H15BrClNO. The number of carbonyl (C=O) groups excluding carboxylic acids is 1. The first-order chi connectivity index (χ1) is 7.58. The van der Waals surface area contributed by atoms with Crippen molar-refractivity contribution in [1.82, 2.24) is 5.32 Å². The van der Waals surface area contributed by atoms with E-state index in [2.05, 4.69) is 21.2 Å². The van der Waals surface area contributed by atoms with E-state index in [1.54, 1.807) is 0 Å². The van der Waals surface area contributed by atoms with Crippen molar-refractivity contribution in [2.45, 2.75) is 26.3 Å². The zero-order valence-corrected chi connectivity index (χ0v) is 11.7. The number of nitrogens with one attached hydrogen (secondary N) is 1. The largest absolute Gasteiger partial charge is 0.348 e. The van der Waals surface area contributed by atoms with Crippen LogP contribution in [0.5, 0.6) is 0 Å². The Morgan fingerprint density at radius 2 is 2.25 bits per heavy atom. The molecule has 0 fully saturated rings. The zero-order valence-electron chi connectivity index (χ0n) is 9.39. The molecule has 0 aromatic heterocycles. The van der Waals surface area contributed by atoms with Gasteiger partial charge in [0, 0.05) is 16.4 Å². The Bertz CT molecular complexity index is 377. The smallest absolute Gasteiger partial charge is 0.252 e. The molecule has 0 saturated heterocycles. The predicted molar refractivity (Wildman–Crippen MR) is 71.1 cm³/mol. The monoisotopic (exact) mass is 303 g/mol. The Labute approximate surface area is 110 Å². The van der Waals surface area contributed by atoms with Gasteiger partial charge in [-0.15, -0.1) is 11.6 Å². The summed E-state index contributed by atoms with van der Waals surface area (Å²) >= 11 is 9.11. The van der Waals surface area contributed by atoms with E-state index in [1.165, 1.54) is 0 Å². The van der Waals surface area contributed by atoms with Crippen LogP contribution in [-0.4, -0.2) is 17.8 Å². The number of hydrogen-bond acceptors (Lipinski definition) is 1. The molecule has 0 saturated carbocycles. The SMILES string of the molecule is CCC(CCl)NC(=O)c1cc(C)ccc1Br. The molecule has 1 aromatic rings. The lowest BCUT2D eigenvalue weighted by atomic mass is 10.1. The van der Waals surface area contributed by atoms with Gasteiger partial charge >= 0.3 is 0 Å². The lowest BCUT2D eigenvalue weighted by molar-refractivity contribution is 0.0939. The number of carbonyl (C=O) groups is 1.